The minimum Gasteiger partial charge on any atom is -0.447 e. The molecule has 5 nitrogen and oxygen atoms in total. The number of nitrogens with zero attached hydrogens (tertiary/aromatic N) is 1. The van der Waals surface area contributed by atoms with E-state index in [9.17, 15) is 14.7 Å². The number of ketones is 1. The normalized spacial score (nSPS) is 17.2. The van der Waals surface area contributed by atoms with Gasteiger partial charge in [0.25, 0.3) is 5.91 Å². The van der Waals surface area contributed by atoms with E-state index in [-0.39, 0.29) is 41.5 Å². The lowest BCUT2D eigenvalue weighted by Gasteiger charge is -2.42. The van der Waals surface area contributed by atoms with Crippen LogP contribution in [0, 0.1) is 6.92 Å². The second-order valence-electron chi connectivity index (χ2n) is 11.5. The van der Waals surface area contributed by atoms with Crippen molar-refractivity contribution in [2.24, 2.45) is 0 Å². The lowest BCUT2D eigenvalue weighted by atomic mass is 9.62. The topological polar surface area (TPSA) is 70.8 Å². The van der Waals surface area contributed by atoms with E-state index in [0.29, 0.717) is 5.56 Å². The fraction of sp³-hybridized carbons (Fsp3) is 0.438. The van der Waals surface area contributed by atoms with Crippen LogP contribution >= 0.6 is 0 Å². The van der Waals surface area contributed by atoms with Crippen molar-refractivity contribution in [1.29, 1.82) is 0 Å². The van der Waals surface area contributed by atoms with E-state index in [1.54, 1.807) is 20.0 Å². The molecule has 1 N–H and O–H groups in total. The van der Waals surface area contributed by atoms with Crippen molar-refractivity contribution in [1.82, 2.24) is 4.90 Å². The molecule has 0 fully saturated rings. The zero-order valence-electron chi connectivity index (χ0n) is 22.4. The van der Waals surface area contributed by atoms with Gasteiger partial charge in [0.15, 0.2) is 11.5 Å². The molecule has 0 spiro atoms. The van der Waals surface area contributed by atoms with Crippen LogP contribution in [0.15, 0.2) is 59.0 Å². The van der Waals surface area contributed by atoms with E-state index in [0.717, 1.165) is 24.0 Å². The quantitative estimate of drug-likeness (QED) is 0.368. The molecule has 0 saturated carbocycles. The molecule has 1 heterocycles. The number of benzene rings is 2. The number of furan rings is 1. The van der Waals surface area contributed by atoms with E-state index in [1.165, 1.54) is 22.1 Å². The summed E-state index contributed by atoms with van der Waals surface area (Å²) in [5, 5.41) is 10.7. The van der Waals surface area contributed by atoms with Gasteiger partial charge in [-0.1, -0.05) is 71.5 Å². The number of rotatable bonds is 6. The fourth-order valence-corrected chi connectivity index (χ4v) is 5.17. The lowest BCUT2D eigenvalue weighted by molar-refractivity contribution is 0.0460. The Labute approximate surface area is 221 Å². The van der Waals surface area contributed by atoms with Crippen LogP contribution in [0.5, 0.6) is 0 Å². The molecule has 1 aromatic heterocycles. The van der Waals surface area contributed by atoms with Gasteiger partial charge < -0.3 is 14.4 Å². The van der Waals surface area contributed by atoms with E-state index >= 15 is 0 Å². The average Bonchev–Trinajstić information content (AvgIpc) is 3.35. The van der Waals surface area contributed by atoms with E-state index < -0.39 is 12.1 Å². The average molecular weight is 504 g/mol. The summed E-state index contributed by atoms with van der Waals surface area (Å²) < 4.78 is 5.79. The molecule has 0 bridgehead atoms. The van der Waals surface area contributed by atoms with E-state index in [4.69, 9.17) is 4.42 Å². The zero-order chi connectivity index (χ0) is 26.4. The molecule has 198 valence electrons. The predicted molar refractivity (Wildman–Crippen MR) is 148 cm³/mol. The maximum absolute atomic E-state index is 13.5. The minimum atomic E-state index is -0.845. The van der Waals surface area contributed by atoms with Crippen molar-refractivity contribution >= 4 is 11.7 Å². The van der Waals surface area contributed by atoms with Gasteiger partial charge in [0.05, 0.1) is 12.1 Å². The van der Waals surface area contributed by atoms with Gasteiger partial charge in [-0.05, 0) is 78.0 Å². The van der Waals surface area contributed by atoms with Gasteiger partial charge >= 0.3 is 0 Å². The third kappa shape index (κ3) is 5.28. The number of fused-ring (bicyclic) bond motifs is 1. The molecule has 4 rings (SSSR count). The largest absolute Gasteiger partial charge is 0.447 e. The van der Waals surface area contributed by atoms with Crippen LogP contribution in [0.2, 0.25) is 0 Å². The Morgan fingerprint density at radius 2 is 1.46 bits per heavy atom. The summed E-state index contributed by atoms with van der Waals surface area (Å²) in [6.45, 7) is 12.7. The molecule has 2 atom stereocenters. The minimum absolute atomic E-state index is 0. The first-order chi connectivity index (χ1) is 16.8. The first-order valence-electron chi connectivity index (χ1n) is 12.6. The molecule has 0 aliphatic heterocycles. The molecule has 1 aliphatic carbocycles. The molecule has 2 aromatic carbocycles. The summed E-state index contributed by atoms with van der Waals surface area (Å²) in [5.41, 5.74) is 4.80. The standard InChI is InChI=1S/C31H37NO4.CH4/c1-19-17-23-24(31(5,6)16-15-30(23,3)4)18-22(19)28(34)25-13-14-26(36-25)29(35)32(7)20(2)27(33)21-11-9-8-10-12-21;/h8-14,17-18,20,27,33H,15-16H2,1-7H3;1H4/t20-,27+;/m1./s1. The van der Waals surface area contributed by atoms with Crippen molar-refractivity contribution in [3.8, 4) is 0 Å². The lowest BCUT2D eigenvalue weighted by Crippen LogP contribution is -2.38. The molecular formula is C32H41NO4. The highest BCUT2D eigenvalue weighted by atomic mass is 16.4. The van der Waals surface area contributed by atoms with Gasteiger partial charge in [-0.15, -0.1) is 0 Å². The molecule has 0 radical (unpaired) electrons. The maximum atomic E-state index is 13.5. The summed E-state index contributed by atoms with van der Waals surface area (Å²) in [4.78, 5) is 28.1. The first kappa shape index (κ1) is 28.4. The van der Waals surface area contributed by atoms with Crippen LogP contribution in [0.25, 0.3) is 0 Å². The van der Waals surface area contributed by atoms with Crippen LogP contribution in [0.4, 0.5) is 0 Å². The van der Waals surface area contributed by atoms with Gasteiger partial charge in [-0.2, -0.15) is 0 Å². The van der Waals surface area contributed by atoms with Crippen LogP contribution in [0.1, 0.15) is 110 Å². The highest BCUT2D eigenvalue weighted by Crippen LogP contribution is 2.46. The Hall–Kier alpha value is -3.18. The molecular weight excluding hydrogens is 462 g/mol. The smallest absolute Gasteiger partial charge is 0.289 e. The third-order valence-corrected chi connectivity index (χ3v) is 8.01. The summed E-state index contributed by atoms with van der Waals surface area (Å²) >= 11 is 0. The van der Waals surface area contributed by atoms with Crippen molar-refractivity contribution < 1.29 is 19.1 Å². The Morgan fingerprint density at radius 3 is 2.05 bits per heavy atom. The molecule has 0 saturated heterocycles. The SMILES string of the molecule is C.Cc1cc2c(cc1C(=O)c1ccc(C(=O)N(C)[C@H](C)[C@H](O)c3ccccc3)o1)C(C)(C)CCC2(C)C. The summed E-state index contributed by atoms with van der Waals surface area (Å²) in [6.07, 6.45) is 1.32. The number of hydrogen-bond acceptors (Lipinski definition) is 4. The van der Waals surface area contributed by atoms with Gasteiger partial charge in [0.1, 0.15) is 0 Å². The van der Waals surface area contributed by atoms with Gasteiger partial charge in [0, 0.05) is 12.6 Å². The number of hydrogen-bond donors (Lipinski definition) is 1. The van der Waals surface area contributed by atoms with Crippen molar-refractivity contribution in [2.45, 2.75) is 84.8 Å². The molecule has 5 heteroatoms. The molecule has 1 aliphatic rings. The van der Waals surface area contributed by atoms with Crippen molar-refractivity contribution in [3.05, 3.63) is 93.9 Å². The van der Waals surface area contributed by atoms with Crippen LogP contribution in [-0.4, -0.2) is 34.8 Å². The number of carbonyl (C=O) groups excluding carboxylic acids is 2. The second kappa shape index (κ2) is 10.3. The monoisotopic (exact) mass is 503 g/mol. The van der Waals surface area contributed by atoms with Crippen LogP contribution in [-0.2, 0) is 10.8 Å². The highest BCUT2D eigenvalue weighted by Gasteiger charge is 2.38. The Morgan fingerprint density at radius 1 is 0.919 bits per heavy atom. The van der Waals surface area contributed by atoms with Crippen molar-refractivity contribution in [3.63, 3.8) is 0 Å². The van der Waals surface area contributed by atoms with Crippen molar-refractivity contribution in [2.75, 3.05) is 7.05 Å². The van der Waals surface area contributed by atoms with Gasteiger partial charge in [-0.3, -0.25) is 9.59 Å². The molecule has 1 amide bonds. The third-order valence-electron chi connectivity index (χ3n) is 8.01. The fourth-order valence-electron chi connectivity index (χ4n) is 5.17. The maximum Gasteiger partial charge on any atom is 0.289 e. The van der Waals surface area contributed by atoms with Crippen LogP contribution in [0.3, 0.4) is 0 Å². The number of aryl methyl sites for hydroxylation is 1. The number of amides is 1. The molecule has 37 heavy (non-hydrogen) atoms. The molecule has 0 unspecified atom stereocenters. The molecule has 3 aromatic rings. The highest BCUT2D eigenvalue weighted by molar-refractivity contribution is 6.09. The Balaban J connectivity index is 0.00000380. The summed E-state index contributed by atoms with van der Waals surface area (Å²) in [6, 6.07) is 16.0. The number of aliphatic hydroxyl groups excluding tert-OH is 1. The zero-order valence-corrected chi connectivity index (χ0v) is 22.4. The van der Waals surface area contributed by atoms with Gasteiger partial charge in [0.2, 0.25) is 5.78 Å². The number of carbonyl (C=O) groups is 2. The summed E-state index contributed by atoms with van der Waals surface area (Å²) in [5.74, 6) is -0.404. The van der Waals surface area contributed by atoms with E-state index in [2.05, 4.69) is 33.8 Å². The van der Waals surface area contributed by atoms with Gasteiger partial charge in [-0.25, -0.2) is 0 Å². The van der Waals surface area contributed by atoms with Crippen LogP contribution < -0.4 is 0 Å². The first-order valence-corrected chi connectivity index (χ1v) is 12.6. The predicted octanol–water partition coefficient (Wildman–Crippen LogP) is 7.00. The summed E-state index contributed by atoms with van der Waals surface area (Å²) in [7, 11) is 1.63. The number of aliphatic hydroxyl groups is 1. The Kier molecular flexibility index (Phi) is 7.90. The number of likely N-dealkylation sites (N-methyl/N-ethyl adjacent to an activating group) is 1. The Bertz CT molecular complexity index is 1290. The second-order valence-corrected chi connectivity index (χ2v) is 11.5. The van der Waals surface area contributed by atoms with E-state index in [1.807, 2.05) is 43.3 Å².